The summed E-state index contributed by atoms with van der Waals surface area (Å²) in [4.78, 5) is 6.94. The Labute approximate surface area is 105 Å². The van der Waals surface area contributed by atoms with Gasteiger partial charge in [-0.05, 0) is 29.8 Å². The molecule has 0 amide bonds. The normalized spacial score (nSPS) is 9.56. The second-order valence-electron chi connectivity index (χ2n) is 3.61. The van der Waals surface area contributed by atoms with Crippen LogP contribution in [0.4, 0.5) is 5.69 Å². The van der Waals surface area contributed by atoms with Gasteiger partial charge in [0.25, 0.3) is 0 Å². The molecule has 0 saturated heterocycles. The molecular weight excluding hydrogens is 228 g/mol. The maximum absolute atomic E-state index is 8.34. The van der Waals surface area contributed by atoms with Crippen molar-refractivity contribution in [2.45, 2.75) is 6.42 Å². The van der Waals surface area contributed by atoms with E-state index >= 15 is 0 Å². The van der Waals surface area contributed by atoms with Crippen LogP contribution in [0.1, 0.15) is 5.69 Å². The summed E-state index contributed by atoms with van der Waals surface area (Å²) < 4.78 is 5.57. The van der Waals surface area contributed by atoms with E-state index in [9.17, 15) is 0 Å². The summed E-state index contributed by atoms with van der Waals surface area (Å²) in [5, 5.41) is 3.52. The Hall–Kier alpha value is -2.52. The van der Waals surface area contributed by atoms with E-state index in [0.29, 0.717) is 18.0 Å². The number of pyridine rings is 1. The highest BCUT2D eigenvalue weighted by Gasteiger charge is 1.97. The van der Waals surface area contributed by atoms with Gasteiger partial charge in [0.15, 0.2) is 0 Å². The summed E-state index contributed by atoms with van der Waals surface area (Å²) >= 11 is 0. The van der Waals surface area contributed by atoms with Crippen LogP contribution in [0.25, 0.3) is 10.4 Å². The van der Waals surface area contributed by atoms with Crippen molar-refractivity contribution in [3.63, 3.8) is 0 Å². The molecule has 5 nitrogen and oxygen atoms in total. The highest BCUT2D eigenvalue weighted by molar-refractivity contribution is 5.42. The third-order valence-electron chi connectivity index (χ3n) is 2.33. The maximum atomic E-state index is 8.34. The first-order chi connectivity index (χ1) is 8.88. The van der Waals surface area contributed by atoms with Gasteiger partial charge in [-0.1, -0.05) is 23.3 Å². The first kappa shape index (κ1) is 12.0. The lowest BCUT2D eigenvalue weighted by Gasteiger charge is -2.06. The molecule has 5 heteroatoms. The van der Waals surface area contributed by atoms with E-state index in [-0.39, 0.29) is 0 Å². The van der Waals surface area contributed by atoms with Crippen LogP contribution in [0.15, 0.2) is 53.8 Å². The standard InChI is InChI=1S/C13H12N4O/c14-17-16-12-5-3-6-13(10-12)18-9-7-11-4-1-2-8-15-11/h1-6,8,10H,7,9H2. The molecule has 2 aromatic rings. The Kier molecular flexibility index (Phi) is 4.16. The molecule has 0 fully saturated rings. The Morgan fingerprint density at radius 2 is 2.17 bits per heavy atom. The van der Waals surface area contributed by atoms with Crippen LogP contribution < -0.4 is 4.74 Å². The van der Waals surface area contributed by atoms with E-state index in [0.717, 1.165) is 12.1 Å². The first-order valence-corrected chi connectivity index (χ1v) is 5.56. The molecule has 2 rings (SSSR count). The van der Waals surface area contributed by atoms with Gasteiger partial charge in [-0.25, -0.2) is 0 Å². The number of rotatable bonds is 5. The van der Waals surface area contributed by atoms with E-state index in [2.05, 4.69) is 15.0 Å². The van der Waals surface area contributed by atoms with E-state index in [1.807, 2.05) is 24.3 Å². The van der Waals surface area contributed by atoms with Gasteiger partial charge in [0.2, 0.25) is 0 Å². The molecule has 18 heavy (non-hydrogen) atoms. The largest absolute Gasteiger partial charge is 0.493 e. The Balaban J connectivity index is 1.90. The number of hydrogen-bond acceptors (Lipinski definition) is 3. The molecular formula is C13H12N4O. The SMILES string of the molecule is [N-]=[N+]=Nc1cccc(OCCc2ccccn2)c1. The van der Waals surface area contributed by atoms with Crippen molar-refractivity contribution >= 4 is 5.69 Å². The van der Waals surface area contributed by atoms with Gasteiger partial charge in [0.05, 0.1) is 6.61 Å². The summed E-state index contributed by atoms with van der Waals surface area (Å²) in [5.74, 6) is 0.691. The number of aromatic nitrogens is 1. The average molecular weight is 240 g/mol. The van der Waals surface area contributed by atoms with Crippen LogP contribution in [0, 0.1) is 0 Å². The molecule has 0 radical (unpaired) electrons. The molecule has 1 aromatic heterocycles. The summed E-state index contributed by atoms with van der Waals surface area (Å²) in [5.41, 5.74) is 9.88. The van der Waals surface area contributed by atoms with Gasteiger partial charge >= 0.3 is 0 Å². The van der Waals surface area contributed by atoms with E-state index in [1.54, 1.807) is 24.4 Å². The smallest absolute Gasteiger partial charge is 0.119 e. The fraction of sp³-hybridized carbons (Fsp3) is 0.154. The molecule has 0 bridgehead atoms. The molecule has 0 aliphatic heterocycles. The second kappa shape index (κ2) is 6.27. The predicted molar refractivity (Wildman–Crippen MR) is 68.7 cm³/mol. The summed E-state index contributed by atoms with van der Waals surface area (Å²) in [6, 6.07) is 12.8. The zero-order chi connectivity index (χ0) is 12.6. The zero-order valence-corrected chi connectivity index (χ0v) is 9.73. The number of azide groups is 1. The van der Waals surface area contributed by atoms with Crippen molar-refractivity contribution in [3.8, 4) is 5.75 Å². The van der Waals surface area contributed by atoms with E-state index < -0.39 is 0 Å². The summed E-state index contributed by atoms with van der Waals surface area (Å²) in [7, 11) is 0. The third-order valence-corrected chi connectivity index (χ3v) is 2.33. The van der Waals surface area contributed by atoms with Crippen molar-refractivity contribution in [1.82, 2.24) is 4.98 Å². The molecule has 0 unspecified atom stereocenters. The molecule has 1 heterocycles. The molecule has 90 valence electrons. The van der Waals surface area contributed by atoms with E-state index in [4.69, 9.17) is 10.3 Å². The van der Waals surface area contributed by atoms with Crippen LogP contribution in [0.3, 0.4) is 0 Å². The number of ether oxygens (including phenoxy) is 1. The Morgan fingerprint density at radius 1 is 1.22 bits per heavy atom. The fourth-order valence-corrected chi connectivity index (χ4v) is 1.51. The van der Waals surface area contributed by atoms with E-state index in [1.165, 1.54) is 0 Å². The second-order valence-corrected chi connectivity index (χ2v) is 3.61. The first-order valence-electron chi connectivity index (χ1n) is 5.56. The Bertz CT molecular complexity index is 550. The van der Waals surface area contributed by atoms with Crippen molar-refractivity contribution in [2.24, 2.45) is 5.11 Å². The zero-order valence-electron chi connectivity index (χ0n) is 9.73. The molecule has 1 aromatic carbocycles. The predicted octanol–water partition coefficient (Wildman–Crippen LogP) is 3.64. The van der Waals surface area contributed by atoms with Crippen molar-refractivity contribution < 1.29 is 4.74 Å². The van der Waals surface area contributed by atoms with Crippen molar-refractivity contribution in [2.75, 3.05) is 6.61 Å². The molecule has 0 aliphatic rings. The number of hydrogen-bond donors (Lipinski definition) is 0. The van der Waals surface area contributed by atoms with Crippen LogP contribution in [-0.2, 0) is 6.42 Å². The lowest BCUT2D eigenvalue weighted by molar-refractivity contribution is 0.320. The molecule has 0 aliphatic carbocycles. The van der Waals surface area contributed by atoms with Gasteiger partial charge in [-0.3, -0.25) is 4.98 Å². The van der Waals surface area contributed by atoms with Crippen LogP contribution in [-0.4, -0.2) is 11.6 Å². The fourth-order valence-electron chi connectivity index (χ4n) is 1.51. The maximum Gasteiger partial charge on any atom is 0.119 e. The average Bonchev–Trinajstić information content (AvgIpc) is 2.41. The minimum Gasteiger partial charge on any atom is -0.493 e. The van der Waals surface area contributed by atoms with Gasteiger partial charge in [0.1, 0.15) is 5.75 Å². The lowest BCUT2D eigenvalue weighted by Crippen LogP contribution is -2.02. The summed E-state index contributed by atoms with van der Waals surface area (Å²) in [6.07, 6.45) is 2.50. The lowest BCUT2D eigenvalue weighted by atomic mass is 10.3. The highest BCUT2D eigenvalue weighted by atomic mass is 16.5. The molecule has 0 atom stereocenters. The quantitative estimate of drug-likeness (QED) is 0.454. The van der Waals surface area contributed by atoms with Gasteiger partial charge < -0.3 is 4.74 Å². The van der Waals surface area contributed by atoms with Crippen LogP contribution in [0.5, 0.6) is 5.75 Å². The number of nitrogens with zero attached hydrogens (tertiary/aromatic N) is 4. The monoisotopic (exact) mass is 240 g/mol. The number of benzene rings is 1. The third kappa shape index (κ3) is 3.50. The van der Waals surface area contributed by atoms with Crippen LogP contribution in [0.2, 0.25) is 0 Å². The van der Waals surface area contributed by atoms with Crippen LogP contribution >= 0.6 is 0 Å². The highest BCUT2D eigenvalue weighted by Crippen LogP contribution is 2.19. The topological polar surface area (TPSA) is 70.9 Å². The van der Waals surface area contributed by atoms with Crippen molar-refractivity contribution in [1.29, 1.82) is 0 Å². The molecule has 0 spiro atoms. The summed E-state index contributed by atoms with van der Waals surface area (Å²) in [6.45, 7) is 0.538. The Morgan fingerprint density at radius 3 is 2.94 bits per heavy atom. The van der Waals surface area contributed by atoms with Gasteiger partial charge in [0, 0.05) is 28.9 Å². The molecule has 0 saturated carbocycles. The van der Waals surface area contributed by atoms with Crippen molar-refractivity contribution in [3.05, 3.63) is 64.8 Å². The van der Waals surface area contributed by atoms with Gasteiger partial charge in [-0.15, -0.1) is 0 Å². The molecule has 0 N–H and O–H groups in total. The van der Waals surface area contributed by atoms with Gasteiger partial charge in [-0.2, -0.15) is 0 Å². The minimum absolute atomic E-state index is 0.538. The minimum atomic E-state index is 0.538.